The fraction of sp³-hybridized carbons (Fsp3) is 0.471. The van der Waals surface area contributed by atoms with Crippen LogP contribution in [0, 0.1) is 5.92 Å². The molecule has 0 aliphatic carbocycles. The van der Waals surface area contributed by atoms with Crippen molar-refractivity contribution in [2.75, 3.05) is 20.3 Å². The predicted octanol–water partition coefficient (Wildman–Crippen LogP) is 3.33. The van der Waals surface area contributed by atoms with Crippen molar-refractivity contribution in [1.29, 1.82) is 0 Å². The highest BCUT2D eigenvalue weighted by Crippen LogP contribution is 2.32. The van der Waals surface area contributed by atoms with E-state index in [0.29, 0.717) is 16.7 Å². The molecule has 1 aromatic carbocycles. The van der Waals surface area contributed by atoms with E-state index in [-0.39, 0.29) is 6.10 Å². The van der Waals surface area contributed by atoms with Gasteiger partial charge in [0.1, 0.15) is 5.75 Å². The quantitative estimate of drug-likeness (QED) is 0.850. The summed E-state index contributed by atoms with van der Waals surface area (Å²) >= 11 is 6.16. The van der Waals surface area contributed by atoms with Crippen molar-refractivity contribution in [3.8, 4) is 5.75 Å². The molecule has 2 atom stereocenters. The lowest BCUT2D eigenvalue weighted by Crippen LogP contribution is -2.31. The summed E-state index contributed by atoms with van der Waals surface area (Å²) < 4.78 is 11.1. The van der Waals surface area contributed by atoms with Gasteiger partial charge in [0.25, 0.3) is 0 Å². The molecule has 23 heavy (non-hydrogen) atoms. The minimum absolute atomic E-state index is 0.120. The molecule has 0 bridgehead atoms. The number of aromatic nitrogens is 2. The van der Waals surface area contributed by atoms with Crippen LogP contribution in [0.3, 0.4) is 0 Å². The van der Waals surface area contributed by atoms with Crippen LogP contribution in [0.1, 0.15) is 30.1 Å². The Hall–Kier alpha value is -1.56. The highest BCUT2D eigenvalue weighted by Gasteiger charge is 2.27. The van der Waals surface area contributed by atoms with E-state index < -0.39 is 0 Å². The lowest BCUT2D eigenvalue weighted by Gasteiger charge is -2.31. The Morgan fingerprint density at radius 3 is 3.13 bits per heavy atom. The number of nitrogens with zero attached hydrogens (tertiary/aromatic N) is 1. The Morgan fingerprint density at radius 1 is 1.48 bits per heavy atom. The second-order valence-corrected chi connectivity index (χ2v) is 6.23. The largest absolute Gasteiger partial charge is 0.495 e. The maximum atomic E-state index is 6.16. The number of hydrogen-bond acceptors (Lipinski definition) is 4. The molecule has 0 unspecified atom stereocenters. The first-order chi connectivity index (χ1) is 11.3. The van der Waals surface area contributed by atoms with Crippen molar-refractivity contribution in [3.63, 3.8) is 0 Å². The summed E-state index contributed by atoms with van der Waals surface area (Å²) in [6, 6.07) is 5.87. The zero-order valence-electron chi connectivity index (χ0n) is 13.2. The Kier molecular flexibility index (Phi) is 5.54. The van der Waals surface area contributed by atoms with Crippen LogP contribution in [-0.4, -0.2) is 30.5 Å². The van der Waals surface area contributed by atoms with Gasteiger partial charge in [-0.1, -0.05) is 17.7 Å². The summed E-state index contributed by atoms with van der Waals surface area (Å²) in [6.07, 6.45) is 6.16. The highest BCUT2D eigenvalue weighted by atomic mass is 35.5. The standard InChI is InChI=1S/C17H22ClN3O2/c1-22-16-5-4-12(7-15(16)18)8-19-9-13-3-2-6-23-17(13)14-10-20-21-11-14/h4-5,7,10-11,13,17,19H,2-3,6,8-9H2,1H3,(H,20,21)/t13-,17+/m0/s1. The first kappa shape index (κ1) is 16.3. The summed E-state index contributed by atoms with van der Waals surface area (Å²) in [5, 5.41) is 11.1. The molecule has 124 valence electrons. The van der Waals surface area contributed by atoms with Crippen molar-refractivity contribution in [3.05, 3.63) is 46.7 Å². The van der Waals surface area contributed by atoms with Crippen LogP contribution in [0.5, 0.6) is 5.75 Å². The van der Waals surface area contributed by atoms with E-state index in [2.05, 4.69) is 15.5 Å². The predicted molar refractivity (Wildman–Crippen MR) is 89.7 cm³/mol. The molecular weight excluding hydrogens is 314 g/mol. The molecule has 1 aliphatic heterocycles. The van der Waals surface area contributed by atoms with Crippen molar-refractivity contribution < 1.29 is 9.47 Å². The number of hydrogen-bond donors (Lipinski definition) is 2. The number of methoxy groups -OCH3 is 1. The molecule has 2 heterocycles. The third kappa shape index (κ3) is 4.05. The second kappa shape index (κ2) is 7.81. The number of benzene rings is 1. The lowest BCUT2D eigenvalue weighted by molar-refractivity contribution is -0.0278. The van der Waals surface area contributed by atoms with E-state index >= 15 is 0 Å². The molecule has 1 fully saturated rings. The molecule has 3 rings (SSSR count). The van der Waals surface area contributed by atoms with Gasteiger partial charge in [-0.05, 0) is 30.5 Å². The van der Waals surface area contributed by atoms with Gasteiger partial charge in [-0.2, -0.15) is 5.10 Å². The third-order valence-electron chi connectivity index (χ3n) is 4.24. The SMILES string of the molecule is COc1ccc(CNC[C@@H]2CCCO[C@H]2c2cn[nH]c2)cc1Cl. The lowest BCUT2D eigenvalue weighted by atomic mass is 9.91. The molecule has 0 saturated carbocycles. The van der Waals surface area contributed by atoms with E-state index in [9.17, 15) is 0 Å². The first-order valence-electron chi connectivity index (χ1n) is 7.91. The molecule has 2 aromatic rings. The molecule has 0 amide bonds. The average Bonchev–Trinajstić information content (AvgIpc) is 3.10. The number of aromatic amines is 1. The smallest absolute Gasteiger partial charge is 0.137 e. The zero-order valence-corrected chi connectivity index (χ0v) is 14.0. The summed E-state index contributed by atoms with van der Waals surface area (Å²) in [5.74, 6) is 1.16. The topological polar surface area (TPSA) is 59.2 Å². The monoisotopic (exact) mass is 335 g/mol. The van der Waals surface area contributed by atoms with Gasteiger partial charge in [-0.25, -0.2) is 0 Å². The van der Waals surface area contributed by atoms with Crippen molar-refractivity contribution in [2.24, 2.45) is 5.92 Å². The van der Waals surface area contributed by atoms with Gasteiger partial charge in [-0.3, -0.25) is 5.10 Å². The highest BCUT2D eigenvalue weighted by molar-refractivity contribution is 6.32. The fourth-order valence-electron chi connectivity index (χ4n) is 3.06. The Balaban J connectivity index is 1.55. The first-order valence-corrected chi connectivity index (χ1v) is 8.29. The van der Waals surface area contributed by atoms with Crippen molar-refractivity contribution in [1.82, 2.24) is 15.5 Å². The van der Waals surface area contributed by atoms with E-state index in [1.807, 2.05) is 30.6 Å². The zero-order chi connectivity index (χ0) is 16.1. The minimum atomic E-state index is 0.120. The number of rotatable bonds is 6. The second-order valence-electron chi connectivity index (χ2n) is 5.83. The number of ether oxygens (including phenoxy) is 2. The Bertz CT molecular complexity index is 618. The number of H-pyrrole nitrogens is 1. The molecule has 2 N–H and O–H groups in total. The van der Waals surface area contributed by atoms with Gasteiger partial charge in [-0.15, -0.1) is 0 Å². The summed E-state index contributed by atoms with van der Waals surface area (Å²) in [5.41, 5.74) is 2.27. The molecule has 1 aromatic heterocycles. The van der Waals surface area contributed by atoms with Crippen LogP contribution in [0.25, 0.3) is 0 Å². The van der Waals surface area contributed by atoms with Gasteiger partial charge >= 0.3 is 0 Å². The van der Waals surface area contributed by atoms with Gasteiger partial charge in [0.2, 0.25) is 0 Å². The summed E-state index contributed by atoms with van der Waals surface area (Å²) in [6.45, 7) is 2.50. The average molecular weight is 336 g/mol. The summed E-state index contributed by atoms with van der Waals surface area (Å²) in [4.78, 5) is 0. The number of nitrogens with one attached hydrogen (secondary N) is 2. The maximum Gasteiger partial charge on any atom is 0.137 e. The van der Waals surface area contributed by atoms with Crippen LogP contribution >= 0.6 is 11.6 Å². The molecular formula is C17H22ClN3O2. The van der Waals surface area contributed by atoms with Crippen LogP contribution in [-0.2, 0) is 11.3 Å². The molecule has 0 radical (unpaired) electrons. The van der Waals surface area contributed by atoms with Crippen LogP contribution in [0.2, 0.25) is 5.02 Å². The van der Waals surface area contributed by atoms with Crippen LogP contribution < -0.4 is 10.1 Å². The Labute approximate surface area is 141 Å². The van der Waals surface area contributed by atoms with Crippen molar-refractivity contribution >= 4 is 11.6 Å². The molecule has 6 heteroatoms. The van der Waals surface area contributed by atoms with Crippen molar-refractivity contribution in [2.45, 2.75) is 25.5 Å². The molecule has 1 saturated heterocycles. The van der Waals surface area contributed by atoms with Gasteiger partial charge in [0.15, 0.2) is 0 Å². The third-order valence-corrected chi connectivity index (χ3v) is 4.54. The number of halogens is 1. The van der Waals surface area contributed by atoms with E-state index in [1.54, 1.807) is 7.11 Å². The summed E-state index contributed by atoms with van der Waals surface area (Å²) in [7, 11) is 1.62. The fourth-order valence-corrected chi connectivity index (χ4v) is 3.34. The Morgan fingerprint density at radius 2 is 2.39 bits per heavy atom. The van der Waals surface area contributed by atoms with Gasteiger partial charge in [0.05, 0.1) is 24.4 Å². The maximum absolute atomic E-state index is 6.16. The van der Waals surface area contributed by atoms with E-state index in [4.69, 9.17) is 21.1 Å². The van der Waals surface area contributed by atoms with E-state index in [0.717, 1.165) is 43.7 Å². The minimum Gasteiger partial charge on any atom is -0.495 e. The molecule has 0 spiro atoms. The van der Waals surface area contributed by atoms with Crippen LogP contribution in [0.4, 0.5) is 0 Å². The van der Waals surface area contributed by atoms with Crippen LogP contribution in [0.15, 0.2) is 30.6 Å². The van der Waals surface area contributed by atoms with Gasteiger partial charge < -0.3 is 14.8 Å². The van der Waals surface area contributed by atoms with Gasteiger partial charge in [0, 0.05) is 37.4 Å². The molecule has 1 aliphatic rings. The molecule has 5 nitrogen and oxygen atoms in total. The normalized spacial score (nSPS) is 21.3. The van der Waals surface area contributed by atoms with E-state index in [1.165, 1.54) is 0 Å².